The van der Waals surface area contributed by atoms with Crippen molar-refractivity contribution in [3.05, 3.63) is 89.6 Å². The first-order chi connectivity index (χ1) is 20.0. The van der Waals surface area contributed by atoms with E-state index in [0.717, 1.165) is 52.6 Å². The number of nitrogens with zero attached hydrogens (tertiary/aromatic N) is 1. The highest BCUT2D eigenvalue weighted by atomic mass is 16.5. The molecule has 1 aliphatic carbocycles. The maximum atomic E-state index is 14.1. The first-order valence-corrected chi connectivity index (χ1v) is 14.4. The van der Waals surface area contributed by atoms with Crippen molar-refractivity contribution in [1.82, 2.24) is 10.2 Å². The number of para-hydroxylation sites is 1. The highest BCUT2D eigenvalue weighted by Crippen LogP contribution is 2.50. The predicted octanol–water partition coefficient (Wildman–Crippen LogP) is 5.56. The molecule has 3 aromatic carbocycles. The third-order valence-corrected chi connectivity index (χ3v) is 8.51. The number of methoxy groups -OCH3 is 2. The van der Waals surface area contributed by atoms with Crippen LogP contribution in [0.3, 0.4) is 0 Å². The van der Waals surface area contributed by atoms with Crippen LogP contribution in [0.25, 0.3) is 10.8 Å². The fourth-order valence-electron chi connectivity index (χ4n) is 6.51. The average Bonchev–Trinajstić information content (AvgIpc) is 3.22. The molecule has 2 aliphatic rings. The van der Waals surface area contributed by atoms with Gasteiger partial charge in [-0.1, -0.05) is 73.2 Å². The smallest absolute Gasteiger partial charge is 0.317 e. The van der Waals surface area contributed by atoms with Crippen molar-refractivity contribution in [2.45, 2.75) is 51.5 Å². The number of ether oxygens (including phenoxy) is 2. The van der Waals surface area contributed by atoms with Crippen molar-refractivity contribution in [1.29, 1.82) is 0 Å². The van der Waals surface area contributed by atoms with Gasteiger partial charge in [0.2, 0.25) is 11.8 Å². The minimum Gasteiger partial charge on any atom is -0.496 e. The molecule has 214 valence electrons. The lowest BCUT2D eigenvalue weighted by Crippen LogP contribution is -2.53. The van der Waals surface area contributed by atoms with Gasteiger partial charge in [-0.25, -0.2) is 0 Å². The van der Waals surface area contributed by atoms with Gasteiger partial charge in [0.15, 0.2) is 0 Å². The SMILES string of the molecule is COC(=O)[C@]12CCCCC=C1N(Cc1cccc3ccccc13)C(=O)[C@H](CC(=O)NCCc1ccccc1OC)C2. The fourth-order valence-corrected chi connectivity index (χ4v) is 6.51. The maximum absolute atomic E-state index is 14.1. The summed E-state index contributed by atoms with van der Waals surface area (Å²) in [6.45, 7) is 0.754. The molecule has 0 aromatic heterocycles. The van der Waals surface area contributed by atoms with E-state index in [-0.39, 0.29) is 30.6 Å². The number of amides is 2. The average molecular weight is 555 g/mol. The Morgan fingerprint density at radius 3 is 2.56 bits per heavy atom. The van der Waals surface area contributed by atoms with E-state index in [2.05, 4.69) is 29.6 Å². The number of rotatable bonds is 9. The number of likely N-dealkylation sites (tertiary alicyclic amines) is 1. The summed E-state index contributed by atoms with van der Waals surface area (Å²) in [6.07, 6.45) is 6.13. The van der Waals surface area contributed by atoms with Gasteiger partial charge >= 0.3 is 5.97 Å². The van der Waals surface area contributed by atoms with Crippen molar-refractivity contribution in [2.75, 3.05) is 20.8 Å². The van der Waals surface area contributed by atoms with Crippen LogP contribution in [-0.4, -0.2) is 43.4 Å². The zero-order chi connectivity index (χ0) is 28.8. The van der Waals surface area contributed by atoms with E-state index in [4.69, 9.17) is 9.47 Å². The lowest BCUT2D eigenvalue weighted by Gasteiger charge is -2.46. The standard InChI is InChI=1S/C34H38N2O5/c1-40-29-16-8-6-12-25(29)18-20-35-31(37)21-27-22-34(33(39)41-2)19-9-3-4-17-30(34)36(32(27)38)23-26-14-10-13-24-11-5-7-15-28(24)26/h5-8,10-17,27H,3-4,9,18-23H2,1-2H3,(H,35,37)/t27-,34+/m1/s1. The number of fused-ring (bicyclic) bond motifs is 2. The van der Waals surface area contributed by atoms with Crippen LogP contribution < -0.4 is 10.1 Å². The lowest BCUT2D eigenvalue weighted by molar-refractivity contribution is -0.160. The molecular weight excluding hydrogens is 516 g/mol. The Kier molecular flexibility index (Phi) is 8.72. The molecule has 1 saturated heterocycles. The summed E-state index contributed by atoms with van der Waals surface area (Å²) in [6, 6.07) is 21.9. The molecular formula is C34H38N2O5. The van der Waals surface area contributed by atoms with Crippen LogP contribution in [0.1, 0.15) is 49.7 Å². The van der Waals surface area contributed by atoms with Crippen LogP contribution in [0.4, 0.5) is 0 Å². The van der Waals surface area contributed by atoms with E-state index < -0.39 is 11.3 Å². The molecule has 3 aromatic rings. The van der Waals surface area contributed by atoms with E-state index in [1.54, 1.807) is 12.0 Å². The van der Waals surface area contributed by atoms with Crippen LogP contribution in [0.5, 0.6) is 5.75 Å². The lowest BCUT2D eigenvalue weighted by atomic mass is 9.69. The Hall–Kier alpha value is -4.13. The van der Waals surface area contributed by atoms with Crippen molar-refractivity contribution in [2.24, 2.45) is 11.3 Å². The van der Waals surface area contributed by atoms with E-state index >= 15 is 0 Å². The van der Waals surface area contributed by atoms with Crippen molar-refractivity contribution >= 4 is 28.6 Å². The molecule has 1 aliphatic heterocycles. The number of carbonyl (C=O) groups is 3. The Morgan fingerprint density at radius 2 is 1.73 bits per heavy atom. The van der Waals surface area contributed by atoms with Crippen molar-refractivity contribution < 1.29 is 23.9 Å². The zero-order valence-electron chi connectivity index (χ0n) is 23.9. The van der Waals surface area contributed by atoms with Crippen LogP contribution in [0, 0.1) is 11.3 Å². The Morgan fingerprint density at radius 1 is 0.976 bits per heavy atom. The van der Waals surface area contributed by atoms with Gasteiger partial charge in [0.25, 0.3) is 0 Å². The normalized spacial score (nSPS) is 20.5. The van der Waals surface area contributed by atoms with Gasteiger partial charge in [0, 0.05) is 24.6 Å². The van der Waals surface area contributed by atoms with Gasteiger partial charge in [-0.3, -0.25) is 14.4 Å². The first kappa shape index (κ1) is 28.4. The summed E-state index contributed by atoms with van der Waals surface area (Å²) < 4.78 is 10.8. The van der Waals surface area contributed by atoms with Gasteiger partial charge < -0.3 is 19.7 Å². The number of allylic oxidation sites excluding steroid dienone is 1. The zero-order valence-corrected chi connectivity index (χ0v) is 23.9. The number of hydrogen-bond donors (Lipinski definition) is 1. The topological polar surface area (TPSA) is 84.9 Å². The monoisotopic (exact) mass is 554 g/mol. The molecule has 2 amide bonds. The number of esters is 1. The van der Waals surface area contributed by atoms with Gasteiger partial charge in [-0.05, 0) is 60.1 Å². The van der Waals surface area contributed by atoms with Crippen molar-refractivity contribution in [3.63, 3.8) is 0 Å². The Labute approximate surface area is 241 Å². The quantitative estimate of drug-likeness (QED) is 0.350. The maximum Gasteiger partial charge on any atom is 0.317 e. The molecule has 0 radical (unpaired) electrons. The molecule has 1 fully saturated rings. The van der Waals surface area contributed by atoms with Crippen LogP contribution in [0.2, 0.25) is 0 Å². The first-order valence-electron chi connectivity index (χ1n) is 14.4. The summed E-state index contributed by atoms with van der Waals surface area (Å²) in [4.78, 5) is 42.6. The second kappa shape index (κ2) is 12.6. The molecule has 0 unspecified atom stereocenters. The van der Waals surface area contributed by atoms with Crippen molar-refractivity contribution in [3.8, 4) is 5.75 Å². The van der Waals surface area contributed by atoms with Gasteiger partial charge in [0.1, 0.15) is 11.2 Å². The molecule has 0 spiro atoms. The molecule has 1 heterocycles. The third-order valence-electron chi connectivity index (χ3n) is 8.51. The Balaban J connectivity index is 1.41. The van der Waals surface area contributed by atoms with Crippen LogP contribution in [0.15, 0.2) is 78.5 Å². The molecule has 41 heavy (non-hydrogen) atoms. The molecule has 0 bridgehead atoms. The molecule has 1 N–H and O–H groups in total. The molecule has 0 saturated carbocycles. The molecule has 5 rings (SSSR count). The fraction of sp³-hybridized carbons (Fsp3) is 0.382. The van der Waals surface area contributed by atoms with E-state index in [9.17, 15) is 14.4 Å². The van der Waals surface area contributed by atoms with E-state index in [1.165, 1.54) is 7.11 Å². The summed E-state index contributed by atoms with van der Waals surface area (Å²) >= 11 is 0. The summed E-state index contributed by atoms with van der Waals surface area (Å²) in [5.74, 6) is -0.510. The highest BCUT2D eigenvalue weighted by molar-refractivity contribution is 5.93. The van der Waals surface area contributed by atoms with E-state index in [1.807, 2.05) is 48.5 Å². The summed E-state index contributed by atoms with van der Waals surface area (Å²) in [5, 5.41) is 5.14. The van der Waals surface area contributed by atoms with Gasteiger partial charge in [-0.2, -0.15) is 0 Å². The highest BCUT2D eigenvalue weighted by Gasteiger charge is 2.53. The third kappa shape index (κ3) is 5.85. The number of hydrogen-bond acceptors (Lipinski definition) is 5. The van der Waals surface area contributed by atoms with Crippen LogP contribution in [-0.2, 0) is 32.1 Å². The second-order valence-electron chi connectivity index (χ2n) is 11.0. The summed E-state index contributed by atoms with van der Waals surface area (Å²) in [5.41, 5.74) is 1.78. The minimum atomic E-state index is -0.952. The number of benzene rings is 3. The second-order valence-corrected chi connectivity index (χ2v) is 11.0. The van der Waals surface area contributed by atoms with E-state index in [0.29, 0.717) is 25.9 Å². The largest absolute Gasteiger partial charge is 0.496 e. The van der Waals surface area contributed by atoms with Gasteiger partial charge in [-0.15, -0.1) is 0 Å². The molecule has 7 heteroatoms. The predicted molar refractivity (Wildman–Crippen MR) is 158 cm³/mol. The minimum absolute atomic E-state index is 0.0167. The molecule has 2 atom stereocenters. The molecule has 7 nitrogen and oxygen atoms in total. The Bertz CT molecular complexity index is 1460. The number of carbonyl (C=O) groups excluding carboxylic acids is 3. The summed E-state index contributed by atoms with van der Waals surface area (Å²) in [7, 11) is 3.04. The van der Waals surface area contributed by atoms with Gasteiger partial charge in [0.05, 0.1) is 20.8 Å². The number of piperidine rings is 1. The van der Waals surface area contributed by atoms with Crippen LogP contribution >= 0.6 is 0 Å². The number of nitrogens with one attached hydrogen (secondary N) is 1.